The summed E-state index contributed by atoms with van der Waals surface area (Å²) >= 11 is 0. The van der Waals surface area contributed by atoms with Gasteiger partial charge in [0.25, 0.3) is 0 Å². The Balaban J connectivity index is 2.08. The van der Waals surface area contributed by atoms with Crippen LogP contribution in [0.5, 0.6) is 0 Å². The van der Waals surface area contributed by atoms with Crippen LogP contribution in [-0.4, -0.2) is 48.6 Å². The first-order chi connectivity index (χ1) is 9.95. The maximum Gasteiger partial charge on any atom is 0.244 e. The number of aliphatic hydroxyl groups is 1. The first kappa shape index (κ1) is 16.2. The molecule has 0 aliphatic carbocycles. The second-order valence-electron chi connectivity index (χ2n) is 5.39. The SMILES string of the molecule is CCNc1ccc(S(=O)(=O)N2CCC(C(C)O)CC2)cn1. The van der Waals surface area contributed by atoms with Crippen molar-refractivity contribution in [3.8, 4) is 0 Å². The first-order valence-corrected chi connectivity index (χ1v) is 8.77. The lowest BCUT2D eigenvalue weighted by molar-refractivity contribution is 0.0912. The third-order valence-corrected chi connectivity index (χ3v) is 5.80. The van der Waals surface area contributed by atoms with E-state index in [4.69, 9.17) is 0 Å². The van der Waals surface area contributed by atoms with Crippen LogP contribution in [0.15, 0.2) is 23.2 Å². The summed E-state index contributed by atoms with van der Waals surface area (Å²) < 4.78 is 26.6. The van der Waals surface area contributed by atoms with E-state index in [9.17, 15) is 13.5 Å². The van der Waals surface area contributed by atoms with Crippen LogP contribution in [0.4, 0.5) is 5.82 Å². The number of nitrogens with zero attached hydrogens (tertiary/aromatic N) is 2. The van der Waals surface area contributed by atoms with Crippen LogP contribution in [0, 0.1) is 5.92 Å². The lowest BCUT2D eigenvalue weighted by Crippen LogP contribution is -2.40. The van der Waals surface area contributed by atoms with E-state index in [-0.39, 0.29) is 16.9 Å². The van der Waals surface area contributed by atoms with E-state index in [1.165, 1.54) is 10.5 Å². The Kier molecular flexibility index (Phi) is 5.18. The van der Waals surface area contributed by atoms with Crippen molar-refractivity contribution < 1.29 is 13.5 Å². The number of hydrogen-bond donors (Lipinski definition) is 2. The monoisotopic (exact) mass is 313 g/mol. The standard InChI is InChI=1S/C14H23N3O3S/c1-3-15-14-5-4-13(10-16-14)21(19,20)17-8-6-12(7-9-17)11(2)18/h4-5,10-12,18H,3,6-9H2,1-2H3,(H,15,16). The molecule has 2 rings (SSSR count). The Morgan fingerprint density at radius 2 is 2.10 bits per heavy atom. The fraction of sp³-hybridized carbons (Fsp3) is 0.643. The second kappa shape index (κ2) is 6.72. The summed E-state index contributed by atoms with van der Waals surface area (Å²) in [5.74, 6) is 0.856. The molecular formula is C14H23N3O3S. The van der Waals surface area contributed by atoms with Crippen molar-refractivity contribution in [3.05, 3.63) is 18.3 Å². The van der Waals surface area contributed by atoms with E-state index in [0.717, 1.165) is 6.54 Å². The average molecular weight is 313 g/mol. The van der Waals surface area contributed by atoms with Gasteiger partial charge >= 0.3 is 0 Å². The minimum atomic E-state index is -3.48. The van der Waals surface area contributed by atoms with Gasteiger partial charge in [0.1, 0.15) is 10.7 Å². The minimum Gasteiger partial charge on any atom is -0.393 e. The highest BCUT2D eigenvalue weighted by atomic mass is 32.2. The summed E-state index contributed by atoms with van der Waals surface area (Å²) in [5.41, 5.74) is 0. The summed E-state index contributed by atoms with van der Waals surface area (Å²) in [5, 5.41) is 12.6. The van der Waals surface area contributed by atoms with Crippen LogP contribution in [0.2, 0.25) is 0 Å². The highest BCUT2D eigenvalue weighted by Crippen LogP contribution is 2.25. The van der Waals surface area contributed by atoms with Gasteiger partial charge in [-0.1, -0.05) is 0 Å². The molecule has 1 aliphatic heterocycles. The zero-order valence-corrected chi connectivity index (χ0v) is 13.3. The molecule has 1 unspecified atom stereocenters. The number of aromatic nitrogens is 1. The molecule has 0 saturated carbocycles. The number of piperidine rings is 1. The maximum absolute atomic E-state index is 12.5. The summed E-state index contributed by atoms with van der Waals surface area (Å²) in [4.78, 5) is 4.34. The Bertz CT molecular complexity index is 549. The second-order valence-corrected chi connectivity index (χ2v) is 7.33. The fourth-order valence-corrected chi connectivity index (χ4v) is 3.98. The molecule has 6 nitrogen and oxygen atoms in total. The summed E-state index contributed by atoms with van der Waals surface area (Å²) in [6.07, 6.45) is 2.41. The number of hydrogen-bond acceptors (Lipinski definition) is 5. The lowest BCUT2D eigenvalue weighted by atomic mass is 9.93. The van der Waals surface area contributed by atoms with Gasteiger partial charge in [-0.2, -0.15) is 4.31 Å². The number of rotatable bonds is 5. The molecule has 1 aliphatic rings. The van der Waals surface area contributed by atoms with Gasteiger partial charge in [0, 0.05) is 25.8 Å². The number of pyridine rings is 1. The number of nitrogens with one attached hydrogen (secondary N) is 1. The predicted octanol–water partition coefficient (Wildman–Crippen LogP) is 1.29. The molecule has 2 N–H and O–H groups in total. The normalized spacial score (nSPS) is 19.4. The van der Waals surface area contributed by atoms with Crippen LogP contribution in [0.1, 0.15) is 26.7 Å². The highest BCUT2D eigenvalue weighted by Gasteiger charge is 2.31. The molecule has 1 aromatic heterocycles. The molecule has 0 amide bonds. The van der Waals surface area contributed by atoms with Gasteiger partial charge in [0.05, 0.1) is 6.10 Å². The van der Waals surface area contributed by atoms with E-state index in [0.29, 0.717) is 31.7 Å². The van der Waals surface area contributed by atoms with E-state index in [2.05, 4.69) is 10.3 Å². The molecule has 0 bridgehead atoms. The lowest BCUT2D eigenvalue weighted by Gasteiger charge is -2.32. The molecule has 7 heteroatoms. The highest BCUT2D eigenvalue weighted by molar-refractivity contribution is 7.89. The van der Waals surface area contributed by atoms with Gasteiger partial charge in [-0.05, 0) is 44.7 Å². The largest absolute Gasteiger partial charge is 0.393 e. The van der Waals surface area contributed by atoms with Crippen molar-refractivity contribution in [2.24, 2.45) is 5.92 Å². The molecule has 118 valence electrons. The molecule has 21 heavy (non-hydrogen) atoms. The van der Waals surface area contributed by atoms with Crippen LogP contribution in [0.3, 0.4) is 0 Å². The summed E-state index contributed by atoms with van der Waals surface area (Å²) in [7, 11) is -3.48. The van der Waals surface area contributed by atoms with Crippen molar-refractivity contribution in [1.82, 2.24) is 9.29 Å². The van der Waals surface area contributed by atoms with Gasteiger partial charge in [-0.3, -0.25) is 0 Å². The smallest absolute Gasteiger partial charge is 0.244 e. The quantitative estimate of drug-likeness (QED) is 0.856. The van der Waals surface area contributed by atoms with Crippen molar-refractivity contribution in [2.75, 3.05) is 25.0 Å². The van der Waals surface area contributed by atoms with E-state index in [1.807, 2.05) is 6.92 Å². The summed E-state index contributed by atoms with van der Waals surface area (Å²) in [6.45, 7) is 5.36. The molecule has 1 aromatic rings. The maximum atomic E-state index is 12.5. The zero-order chi connectivity index (χ0) is 15.5. The van der Waals surface area contributed by atoms with Gasteiger partial charge in [-0.15, -0.1) is 0 Å². The minimum absolute atomic E-state index is 0.186. The number of aliphatic hydroxyl groups excluding tert-OH is 1. The van der Waals surface area contributed by atoms with Crippen LogP contribution < -0.4 is 5.32 Å². The third kappa shape index (κ3) is 3.72. The summed E-state index contributed by atoms with van der Waals surface area (Å²) in [6, 6.07) is 3.26. The third-order valence-electron chi connectivity index (χ3n) is 3.91. The van der Waals surface area contributed by atoms with E-state index < -0.39 is 10.0 Å². The van der Waals surface area contributed by atoms with E-state index >= 15 is 0 Å². The molecule has 0 aromatic carbocycles. The van der Waals surface area contributed by atoms with Gasteiger partial charge in [-0.25, -0.2) is 13.4 Å². The van der Waals surface area contributed by atoms with Gasteiger partial charge in [0.15, 0.2) is 0 Å². The molecule has 1 atom stereocenters. The molecule has 1 fully saturated rings. The Labute approximate surface area is 126 Å². The van der Waals surface area contributed by atoms with Crippen molar-refractivity contribution in [1.29, 1.82) is 0 Å². The molecule has 1 saturated heterocycles. The molecule has 0 radical (unpaired) electrons. The van der Waals surface area contributed by atoms with Crippen molar-refractivity contribution in [2.45, 2.75) is 37.7 Å². The van der Waals surface area contributed by atoms with Crippen molar-refractivity contribution in [3.63, 3.8) is 0 Å². The van der Waals surface area contributed by atoms with Crippen molar-refractivity contribution >= 4 is 15.8 Å². The number of sulfonamides is 1. The van der Waals surface area contributed by atoms with Gasteiger partial charge in [0.2, 0.25) is 10.0 Å². The average Bonchev–Trinajstić information content (AvgIpc) is 2.48. The fourth-order valence-electron chi connectivity index (χ4n) is 2.57. The predicted molar refractivity (Wildman–Crippen MR) is 81.6 cm³/mol. The molecule has 0 spiro atoms. The van der Waals surface area contributed by atoms with Crippen LogP contribution in [0.25, 0.3) is 0 Å². The van der Waals surface area contributed by atoms with E-state index in [1.54, 1.807) is 19.1 Å². The van der Waals surface area contributed by atoms with Crippen LogP contribution >= 0.6 is 0 Å². The Hall–Kier alpha value is -1.18. The number of anilines is 1. The molecule has 2 heterocycles. The zero-order valence-electron chi connectivity index (χ0n) is 12.5. The Morgan fingerprint density at radius 1 is 1.43 bits per heavy atom. The molecular weight excluding hydrogens is 290 g/mol. The topological polar surface area (TPSA) is 82.5 Å². The Morgan fingerprint density at radius 3 is 2.57 bits per heavy atom. The first-order valence-electron chi connectivity index (χ1n) is 7.33. The van der Waals surface area contributed by atoms with Gasteiger partial charge < -0.3 is 10.4 Å². The van der Waals surface area contributed by atoms with Crippen LogP contribution in [-0.2, 0) is 10.0 Å².